The van der Waals surface area contributed by atoms with Gasteiger partial charge in [0, 0.05) is 5.69 Å². The maximum atomic E-state index is 13.3. The number of carbonyl (C=O) groups excluding carboxylic acids is 2. The van der Waals surface area contributed by atoms with Crippen molar-refractivity contribution in [1.29, 1.82) is 0 Å². The Bertz CT molecular complexity index is 803. The quantitative estimate of drug-likeness (QED) is 0.886. The summed E-state index contributed by atoms with van der Waals surface area (Å²) in [6.45, 7) is 1.82. The first-order chi connectivity index (χ1) is 10.9. The van der Waals surface area contributed by atoms with Gasteiger partial charge >= 0.3 is 5.97 Å². The highest BCUT2D eigenvalue weighted by atomic mass is 19.1. The number of halogens is 1. The minimum absolute atomic E-state index is 0.179. The Morgan fingerprint density at radius 2 is 2.04 bits per heavy atom. The van der Waals surface area contributed by atoms with Crippen molar-refractivity contribution in [2.24, 2.45) is 0 Å². The van der Waals surface area contributed by atoms with Crippen LogP contribution in [0.4, 0.5) is 10.1 Å². The fourth-order valence-electron chi connectivity index (χ4n) is 2.99. The molecule has 0 radical (unpaired) electrons. The Morgan fingerprint density at radius 3 is 2.78 bits per heavy atom. The van der Waals surface area contributed by atoms with Crippen LogP contribution in [-0.4, -0.2) is 19.0 Å². The summed E-state index contributed by atoms with van der Waals surface area (Å²) < 4.78 is 18.1. The molecule has 1 aliphatic heterocycles. The van der Waals surface area contributed by atoms with Crippen molar-refractivity contribution >= 4 is 17.6 Å². The lowest BCUT2D eigenvalue weighted by atomic mass is 9.78. The van der Waals surface area contributed by atoms with E-state index in [1.807, 2.05) is 13.0 Å². The van der Waals surface area contributed by atoms with Crippen LogP contribution in [0.1, 0.15) is 28.4 Å². The minimum Gasteiger partial charge on any atom is -0.465 e. The number of rotatable bonds is 3. The molecule has 5 heteroatoms. The van der Waals surface area contributed by atoms with Crippen LogP contribution in [0.25, 0.3) is 0 Å². The summed E-state index contributed by atoms with van der Waals surface area (Å²) in [5, 5.41) is 2.73. The number of benzene rings is 2. The molecule has 4 nitrogen and oxygen atoms in total. The van der Waals surface area contributed by atoms with Crippen LogP contribution in [0.5, 0.6) is 0 Å². The van der Waals surface area contributed by atoms with Gasteiger partial charge in [-0.05, 0) is 48.7 Å². The van der Waals surface area contributed by atoms with Gasteiger partial charge in [-0.2, -0.15) is 0 Å². The number of hydrogen-bond acceptors (Lipinski definition) is 3. The minimum atomic E-state index is -0.808. The van der Waals surface area contributed by atoms with Gasteiger partial charge in [-0.3, -0.25) is 4.79 Å². The van der Waals surface area contributed by atoms with Crippen LogP contribution in [-0.2, 0) is 21.4 Å². The molecule has 0 saturated carbocycles. The Labute approximate surface area is 133 Å². The highest BCUT2D eigenvalue weighted by Crippen LogP contribution is 2.40. The van der Waals surface area contributed by atoms with Gasteiger partial charge in [0.1, 0.15) is 5.82 Å². The van der Waals surface area contributed by atoms with E-state index in [1.54, 1.807) is 24.3 Å². The van der Waals surface area contributed by atoms with Gasteiger partial charge in [0.2, 0.25) is 5.91 Å². The Balaban J connectivity index is 1.97. The van der Waals surface area contributed by atoms with Crippen molar-refractivity contribution in [2.45, 2.75) is 18.8 Å². The molecule has 1 unspecified atom stereocenters. The van der Waals surface area contributed by atoms with Gasteiger partial charge < -0.3 is 10.1 Å². The molecular formula is C18H16FNO3. The summed E-state index contributed by atoms with van der Waals surface area (Å²) in [7, 11) is 1.32. The zero-order valence-corrected chi connectivity index (χ0v) is 12.9. The summed E-state index contributed by atoms with van der Waals surface area (Å²) in [6.07, 6.45) is 0.405. The third-order valence-corrected chi connectivity index (χ3v) is 4.23. The molecule has 0 aliphatic carbocycles. The molecule has 0 spiro atoms. The second kappa shape index (κ2) is 5.50. The van der Waals surface area contributed by atoms with Gasteiger partial charge in [0.15, 0.2) is 0 Å². The monoisotopic (exact) mass is 313 g/mol. The van der Waals surface area contributed by atoms with Crippen LogP contribution in [0, 0.1) is 5.82 Å². The SMILES string of the molecule is COC(=O)c1cccc(CC2(C)C(=O)Nc3cc(F)ccc32)c1. The molecule has 1 atom stereocenters. The molecule has 0 fully saturated rings. The molecule has 2 aromatic rings. The molecule has 1 amide bonds. The fourth-order valence-corrected chi connectivity index (χ4v) is 2.99. The van der Waals surface area contributed by atoms with Gasteiger partial charge in [-0.25, -0.2) is 9.18 Å². The number of amides is 1. The predicted octanol–water partition coefficient (Wildman–Crippen LogP) is 3.06. The van der Waals surface area contributed by atoms with E-state index in [2.05, 4.69) is 5.32 Å². The van der Waals surface area contributed by atoms with Crippen molar-refractivity contribution in [3.8, 4) is 0 Å². The van der Waals surface area contributed by atoms with E-state index in [-0.39, 0.29) is 11.7 Å². The molecule has 23 heavy (non-hydrogen) atoms. The van der Waals surface area contributed by atoms with E-state index in [0.29, 0.717) is 17.7 Å². The zero-order valence-electron chi connectivity index (χ0n) is 12.9. The number of nitrogens with one attached hydrogen (secondary N) is 1. The lowest BCUT2D eigenvalue weighted by molar-refractivity contribution is -0.120. The summed E-state index contributed by atoms with van der Waals surface area (Å²) >= 11 is 0. The van der Waals surface area contributed by atoms with E-state index >= 15 is 0 Å². The molecule has 0 saturated heterocycles. The standard InChI is InChI=1S/C18H16FNO3/c1-18(10-11-4-3-5-12(8-11)16(21)23-2)14-7-6-13(19)9-15(14)20-17(18)22/h3-9H,10H2,1-2H3,(H,20,22). The van der Waals surface area contributed by atoms with E-state index < -0.39 is 11.4 Å². The first-order valence-corrected chi connectivity index (χ1v) is 7.23. The van der Waals surface area contributed by atoms with Crippen LogP contribution < -0.4 is 5.32 Å². The Kier molecular flexibility index (Phi) is 3.64. The van der Waals surface area contributed by atoms with Crippen molar-refractivity contribution < 1.29 is 18.7 Å². The number of hydrogen-bond donors (Lipinski definition) is 1. The summed E-state index contributed by atoms with van der Waals surface area (Å²) in [4.78, 5) is 24.1. The first kappa shape index (κ1) is 15.2. The largest absolute Gasteiger partial charge is 0.465 e. The predicted molar refractivity (Wildman–Crippen MR) is 83.9 cm³/mol. The molecule has 3 rings (SSSR count). The van der Waals surface area contributed by atoms with Crippen LogP contribution in [0.15, 0.2) is 42.5 Å². The van der Waals surface area contributed by atoms with Gasteiger partial charge in [0.05, 0.1) is 18.1 Å². The maximum Gasteiger partial charge on any atom is 0.337 e. The molecule has 0 bridgehead atoms. The van der Waals surface area contributed by atoms with E-state index in [1.165, 1.54) is 19.2 Å². The number of ether oxygens (including phenoxy) is 1. The first-order valence-electron chi connectivity index (χ1n) is 7.23. The second-order valence-electron chi connectivity index (χ2n) is 5.84. The lowest BCUT2D eigenvalue weighted by Gasteiger charge is -2.22. The highest BCUT2D eigenvalue weighted by Gasteiger charge is 2.42. The molecule has 1 heterocycles. The summed E-state index contributed by atoms with van der Waals surface area (Å²) in [5.41, 5.74) is 1.72. The molecule has 2 aromatic carbocycles. The summed E-state index contributed by atoms with van der Waals surface area (Å²) in [5.74, 6) is -0.988. The highest BCUT2D eigenvalue weighted by molar-refractivity contribution is 6.06. The molecule has 0 aromatic heterocycles. The van der Waals surface area contributed by atoms with Crippen molar-refractivity contribution in [1.82, 2.24) is 0 Å². The number of fused-ring (bicyclic) bond motifs is 1. The average Bonchev–Trinajstić information content (AvgIpc) is 2.77. The van der Waals surface area contributed by atoms with Crippen molar-refractivity contribution in [2.75, 3.05) is 12.4 Å². The van der Waals surface area contributed by atoms with Crippen molar-refractivity contribution in [3.05, 3.63) is 65.0 Å². The maximum absolute atomic E-state index is 13.3. The number of carbonyl (C=O) groups is 2. The van der Waals surface area contributed by atoms with Crippen LogP contribution in [0.2, 0.25) is 0 Å². The van der Waals surface area contributed by atoms with Gasteiger partial charge in [-0.15, -0.1) is 0 Å². The van der Waals surface area contributed by atoms with Crippen molar-refractivity contribution in [3.63, 3.8) is 0 Å². The van der Waals surface area contributed by atoms with E-state index in [0.717, 1.165) is 11.1 Å². The molecule has 1 aliphatic rings. The Morgan fingerprint density at radius 1 is 1.26 bits per heavy atom. The van der Waals surface area contributed by atoms with E-state index in [9.17, 15) is 14.0 Å². The zero-order chi connectivity index (χ0) is 16.6. The number of anilines is 1. The van der Waals surface area contributed by atoms with Gasteiger partial charge in [0.25, 0.3) is 0 Å². The topological polar surface area (TPSA) is 55.4 Å². The lowest BCUT2D eigenvalue weighted by Crippen LogP contribution is -2.33. The second-order valence-corrected chi connectivity index (χ2v) is 5.84. The molecule has 118 valence electrons. The Hall–Kier alpha value is -2.69. The van der Waals surface area contributed by atoms with Gasteiger partial charge in [-0.1, -0.05) is 18.2 Å². The third kappa shape index (κ3) is 2.59. The summed E-state index contributed by atoms with van der Waals surface area (Å²) in [6, 6.07) is 11.3. The molecule has 1 N–H and O–H groups in total. The smallest absolute Gasteiger partial charge is 0.337 e. The van der Waals surface area contributed by atoms with Crippen LogP contribution in [0.3, 0.4) is 0 Å². The fraction of sp³-hybridized carbons (Fsp3) is 0.222. The number of esters is 1. The normalized spacial score (nSPS) is 19.2. The third-order valence-electron chi connectivity index (χ3n) is 4.23. The van der Waals surface area contributed by atoms with Crippen LogP contribution >= 0.6 is 0 Å². The van der Waals surface area contributed by atoms with E-state index in [4.69, 9.17) is 4.74 Å². The number of methoxy groups -OCH3 is 1. The molecular weight excluding hydrogens is 297 g/mol. The average molecular weight is 313 g/mol.